The number of rotatable bonds is 4. The van der Waals surface area contributed by atoms with Crippen LogP contribution in [-0.2, 0) is 0 Å². The third-order valence-electron chi connectivity index (χ3n) is 2.21. The molecule has 1 nitrogen and oxygen atoms in total. The van der Waals surface area contributed by atoms with Crippen LogP contribution in [0.3, 0.4) is 0 Å². The quantitative estimate of drug-likeness (QED) is 0.677. The fourth-order valence-corrected chi connectivity index (χ4v) is 3.72. The van der Waals surface area contributed by atoms with E-state index in [9.17, 15) is 0 Å². The first-order valence-electron chi connectivity index (χ1n) is 4.58. The molecule has 0 aliphatic heterocycles. The maximum absolute atomic E-state index is 3.28. The highest BCUT2D eigenvalue weighted by atomic mass is 28.3. The fraction of sp³-hybridized carbons (Fsp3) is 0.400. The van der Waals surface area contributed by atoms with Crippen molar-refractivity contribution in [2.24, 2.45) is 0 Å². The first-order valence-corrected chi connectivity index (χ1v) is 6.79. The van der Waals surface area contributed by atoms with E-state index in [1.165, 1.54) is 12.2 Å². The van der Waals surface area contributed by atoms with Crippen molar-refractivity contribution >= 4 is 14.0 Å². The summed E-state index contributed by atoms with van der Waals surface area (Å²) < 4.78 is 0. The van der Waals surface area contributed by atoms with Gasteiger partial charge in [-0.15, -0.1) is 0 Å². The second-order valence-corrected chi connectivity index (χ2v) is 6.36. The summed E-state index contributed by atoms with van der Waals surface area (Å²) in [5.74, 6) is 0. The first kappa shape index (κ1) is 9.48. The van der Waals surface area contributed by atoms with Crippen LogP contribution < -0.4 is 10.5 Å². The zero-order chi connectivity index (χ0) is 8.81. The highest BCUT2D eigenvalue weighted by Gasteiger charge is 2.08. The van der Waals surface area contributed by atoms with E-state index in [0.717, 1.165) is 0 Å². The zero-order valence-corrected chi connectivity index (χ0v) is 9.03. The fourth-order valence-electron chi connectivity index (χ4n) is 1.47. The SMILES string of the molecule is CC[SiH](CNC)c1ccccc1. The molecule has 0 aliphatic carbocycles. The van der Waals surface area contributed by atoms with E-state index in [1.807, 2.05) is 7.05 Å². The van der Waals surface area contributed by atoms with Gasteiger partial charge in [0.15, 0.2) is 0 Å². The summed E-state index contributed by atoms with van der Waals surface area (Å²) in [5, 5.41) is 4.86. The van der Waals surface area contributed by atoms with E-state index in [1.54, 1.807) is 5.19 Å². The van der Waals surface area contributed by atoms with Crippen LogP contribution in [0.15, 0.2) is 30.3 Å². The van der Waals surface area contributed by atoms with Crippen molar-refractivity contribution in [3.8, 4) is 0 Å². The molecule has 1 rings (SSSR count). The lowest BCUT2D eigenvalue weighted by Gasteiger charge is -2.12. The lowest BCUT2D eigenvalue weighted by Crippen LogP contribution is -2.38. The maximum atomic E-state index is 3.28. The second-order valence-electron chi connectivity index (χ2n) is 3.07. The van der Waals surface area contributed by atoms with Crippen LogP contribution >= 0.6 is 0 Å². The van der Waals surface area contributed by atoms with Crippen LogP contribution in [0.1, 0.15) is 6.92 Å². The molecule has 0 bridgehead atoms. The van der Waals surface area contributed by atoms with Crippen molar-refractivity contribution in [3.63, 3.8) is 0 Å². The molecule has 1 aromatic carbocycles. The van der Waals surface area contributed by atoms with Crippen LogP contribution in [0.25, 0.3) is 0 Å². The van der Waals surface area contributed by atoms with Crippen LogP contribution in [0.5, 0.6) is 0 Å². The Labute approximate surface area is 76.4 Å². The third kappa shape index (κ3) is 2.46. The lowest BCUT2D eigenvalue weighted by molar-refractivity contribution is 0.955. The number of hydrogen-bond acceptors (Lipinski definition) is 1. The molecular formula is C10H17NSi. The molecule has 2 heteroatoms. The summed E-state index contributed by atoms with van der Waals surface area (Å²) >= 11 is 0. The highest BCUT2D eigenvalue weighted by molar-refractivity contribution is 6.73. The molecule has 1 unspecified atom stereocenters. The van der Waals surface area contributed by atoms with Gasteiger partial charge in [-0.1, -0.05) is 48.5 Å². The van der Waals surface area contributed by atoms with E-state index < -0.39 is 8.80 Å². The first-order chi connectivity index (χ1) is 5.88. The van der Waals surface area contributed by atoms with Gasteiger partial charge in [-0.3, -0.25) is 0 Å². The van der Waals surface area contributed by atoms with Crippen molar-refractivity contribution in [1.82, 2.24) is 5.32 Å². The number of nitrogens with one attached hydrogen (secondary N) is 1. The average molecular weight is 179 g/mol. The Morgan fingerprint density at radius 1 is 1.25 bits per heavy atom. The van der Waals surface area contributed by atoms with E-state index in [0.29, 0.717) is 0 Å². The molecule has 66 valence electrons. The van der Waals surface area contributed by atoms with Gasteiger partial charge in [-0.25, -0.2) is 0 Å². The Kier molecular flexibility index (Phi) is 4.04. The minimum atomic E-state index is -0.682. The van der Waals surface area contributed by atoms with Crippen molar-refractivity contribution in [2.45, 2.75) is 13.0 Å². The molecule has 0 amide bonds. The van der Waals surface area contributed by atoms with Crippen molar-refractivity contribution < 1.29 is 0 Å². The number of benzene rings is 1. The monoisotopic (exact) mass is 179 g/mol. The van der Waals surface area contributed by atoms with E-state index in [2.05, 4.69) is 42.6 Å². The molecule has 1 aromatic rings. The third-order valence-corrected chi connectivity index (χ3v) is 5.43. The molecule has 12 heavy (non-hydrogen) atoms. The summed E-state index contributed by atoms with van der Waals surface area (Å²) in [5.41, 5.74) is 0. The molecule has 1 N–H and O–H groups in total. The van der Waals surface area contributed by atoms with Crippen LogP contribution in [-0.4, -0.2) is 22.0 Å². The molecule has 0 spiro atoms. The second kappa shape index (κ2) is 5.12. The van der Waals surface area contributed by atoms with Crippen LogP contribution in [0, 0.1) is 0 Å². The summed E-state index contributed by atoms with van der Waals surface area (Å²) in [6, 6.07) is 12.2. The summed E-state index contributed by atoms with van der Waals surface area (Å²) in [4.78, 5) is 0. The smallest absolute Gasteiger partial charge is 0.0851 e. The average Bonchev–Trinajstić information content (AvgIpc) is 2.15. The van der Waals surface area contributed by atoms with Gasteiger partial charge >= 0.3 is 0 Å². The molecule has 0 aliphatic rings. The Morgan fingerprint density at radius 3 is 2.42 bits per heavy atom. The van der Waals surface area contributed by atoms with Crippen molar-refractivity contribution in [1.29, 1.82) is 0 Å². The molecular weight excluding hydrogens is 162 g/mol. The van der Waals surface area contributed by atoms with Crippen LogP contribution in [0.4, 0.5) is 0 Å². The van der Waals surface area contributed by atoms with E-state index in [4.69, 9.17) is 0 Å². The molecule has 0 aromatic heterocycles. The normalized spacial score (nSPS) is 12.8. The standard InChI is InChI=1S/C10H17NSi/c1-3-12(9-11-2)10-7-5-4-6-8-10/h4-8,11-12H,3,9H2,1-2H3. The van der Waals surface area contributed by atoms with E-state index in [-0.39, 0.29) is 0 Å². The zero-order valence-electron chi connectivity index (χ0n) is 7.88. The Bertz CT molecular complexity index is 210. The largest absolute Gasteiger partial charge is 0.322 e. The van der Waals surface area contributed by atoms with Gasteiger partial charge in [0.05, 0.1) is 8.80 Å². The van der Waals surface area contributed by atoms with Crippen LogP contribution in [0.2, 0.25) is 6.04 Å². The minimum absolute atomic E-state index is 0.682. The van der Waals surface area contributed by atoms with Gasteiger partial charge in [-0.05, 0) is 13.2 Å². The molecule has 0 saturated carbocycles. The lowest BCUT2D eigenvalue weighted by atomic mass is 10.4. The summed E-state index contributed by atoms with van der Waals surface area (Å²) in [6.07, 6.45) is 1.21. The molecule has 1 atom stereocenters. The van der Waals surface area contributed by atoms with Gasteiger partial charge in [-0.2, -0.15) is 0 Å². The topological polar surface area (TPSA) is 12.0 Å². The predicted octanol–water partition coefficient (Wildman–Crippen LogP) is 0.899. The van der Waals surface area contributed by atoms with Gasteiger partial charge in [0.1, 0.15) is 0 Å². The van der Waals surface area contributed by atoms with E-state index >= 15 is 0 Å². The minimum Gasteiger partial charge on any atom is -0.322 e. The molecule has 0 heterocycles. The summed E-state index contributed by atoms with van der Waals surface area (Å²) in [7, 11) is 1.36. The Hall–Kier alpha value is -0.603. The number of hydrogen-bond donors (Lipinski definition) is 1. The molecule has 0 saturated heterocycles. The van der Waals surface area contributed by atoms with Gasteiger partial charge in [0.25, 0.3) is 0 Å². The van der Waals surface area contributed by atoms with Gasteiger partial charge < -0.3 is 5.32 Å². The van der Waals surface area contributed by atoms with Gasteiger partial charge in [0.2, 0.25) is 0 Å². The summed E-state index contributed by atoms with van der Waals surface area (Å²) in [6.45, 7) is 2.29. The Balaban J connectivity index is 2.66. The molecule has 0 radical (unpaired) electrons. The Morgan fingerprint density at radius 2 is 1.92 bits per heavy atom. The maximum Gasteiger partial charge on any atom is 0.0851 e. The van der Waals surface area contributed by atoms with Crippen molar-refractivity contribution in [3.05, 3.63) is 30.3 Å². The van der Waals surface area contributed by atoms with Crippen molar-refractivity contribution in [2.75, 3.05) is 13.2 Å². The predicted molar refractivity (Wildman–Crippen MR) is 57.6 cm³/mol. The van der Waals surface area contributed by atoms with Gasteiger partial charge in [0, 0.05) is 0 Å². The highest BCUT2D eigenvalue weighted by Crippen LogP contribution is 1.92. The molecule has 0 fully saturated rings.